The van der Waals surface area contributed by atoms with Crippen LogP contribution in [-0.2, 0) is 6.54 Å². The summed E-state index contributed by atoms with van der Waals surface area (Å²) in [5, 5.41) is 2.83. The Morgan fingerprint density at radius 2 is 1.96 bits per heavy atom. The number of nitrogens with zero attached hydrogens (tertiary/aromatic N) is 1. The molecule has 1 aromatic heterocycles. The number of hydrogen-bond acceptors (Lipinski definition) is 3. The first-order valence-corrected chi connectivity index (χ1v) is 8.55. The Balaban J connectivity index is 1.66. The zero-order chi connectivity index (χ0) is 17.8. The third kappa shape index (κ3) is 3.99. The van der Waals surface area contributed by atoms with Gasteiger partial charge in [-0.15, -0.1) is 0 Å². The van der Waals surface area contributed by atoms with E-state index in [1.54, 1.807) is 12.1 Å². The van der Waals surface area contributed by atoms with Crippen LogP contribution in [0.2, 0.25) is 0 Å². The maximum absolute atomic E-state index is 12.3. The van der Waals surface area contributed by atoms with E-state index in [1.807, 2.05) is 26.0 Å². The van der Waals surface area contributed by atoms with E-state index < -0.39 is 0 Å². The lowest BCUT2D eigenvalue weighted by Gasteiger charge is -2.18. The number of anilines is 1. The molecule has 0 aliphatic carbocycles. The molecule has 0 fully saturated rings. The van der Waals surface area contributed by atoms with Crippen LogP contribution in [0.5, 0.6) is 0 Å². The average Bonchev–Trinajstić information content (AvgIpc) is 3.14. The lowest BCUT2D eigenvalue weighted by molar-refractivity contribution is 0.0949. The van der Waals surface area contributed by atoms with Gasteiger partial charge in [0.25, 0.3) is 11.5 Å². The van der Waals surface area contributed by atoms with Crippen LogP contribution >= 0.6 is 0 Å². The van der Waals surface area contributed by atoms with Crippen LogP contribution in [0.15, 0.2) is 53.3 Å². The zero-order valence-corrected chi connectivity index (χ0v) is 14.6. The molecule has 0 spiro atoms. The standard InChI is InChI=1S/C20H23N3O2/c1-14(2)18-9-8-17(20(25)22-18)19(24)21-13-15-6-5-7-16(12-15)23-10-3-4-11-23/h3-9,12,14H,10-11,13H2,1-2H3,(H,21,24)(H,22,25). The molecular weight excluding hydrogens is 314 g/mol. The monoisotopic (exact) mass is 337 g/mol. The van der Waals surface area contributed by atoms with Crippen molar-refractivity contribution in [2.24, 2.45) is 0 Å². The maximum Gasteiger partial charge on any atom is 0.261 e. The Hall–Kier alpha value is -2.82. The summed E-state index contributed by atoms with van der Waals surface area (Å²) in [5.74, 6) is -0.141. The van der Waals surface area contributed by atoms with Gasteiger partial charge in [-0.05, 0) is 35.7 Å². The van der Waals surface area contributed by atoms with Crippen molar-refractivity contribution >= 4 is 11.6 Å². The largest absolute Gasteiger partial charge is 0.364 e. The van der Waals surface area contributed by atoms with Crippen LogP contribution in [0.25, 0.3) is 0 Å². The van der Waals surface area contributed by atoms with E-state index in [0.717, 1.165) is 30.0 Å². The van der Waals surface area contributed by atoms with Gasteiger partial charge in [-0.3, -0.25) is 9.59 Å². The third-order valence-electron chi connectivity index (χ3n) is 4.35. The first-order valence-electron chi connectivity index (χ1n) is 8.55. The highest BCUT2D eigenvalue weighted by Crippen LogP contribution is 2.18. The number of rotatable bonds is 5. The number of hydrogen-bond donors (Lipinski definition) is 2. The molecule has 5 heteroatoms. The van der Waals surface area contributed by atoms with E-state index in [4.69, 9.17) is 0 Å². The molecule has 1 aliphatic rings. The predicted octanol–water partition coefficient (Wildman–Crippen LogP) is 2.80. The summed E-state index contributed by atoms with van der Waals surface area (Å²) in [6.45, 7) is 6.20. The van der Waals surface area contributed by atoms with Gasteiger partial charge in [0.05, 0.1) is 0 Å². The van der Waals surface area contributed by atoms with Gasteiger partial charge in [-0.25, -0.2) is 0 Å². The second-order valence-electron chi connectivity index (χ2n) is 6.54. The van der Waals surface area contributed by atoms with Gasteiger partial charge in [-0.1, -0.05) is 38.1 Å². The normalized spacial score (nSPS) is 13.5. The number of carbonyl (C=O) groups is 1. The number of amides is 1. The number of H-pyrrole nitrogens is 1. The molecule has 3 rings (SSSR count). The Kier molecular flexibility index (Phi) is 5.03. The Morgan fingerprint density at radius 1 is 1.20 bits per heavy atom. The highest BCUT2D eigenvalue weighted by atomic mass is 16.2. The van der Waals surface area contributed by atoms with Gasteiger partial charge in [0.15, 0.2) is 0 Å². The second-order valence-corrected chi connectivity index (χ2v) is 6.54. The maximum atomic E-state index is 12.3. The molecule has 0 saturated heterocycles. The Morgan fingerprint density at radius 3 is 2.64 bits per heavy atom. The van der Waals surface area contributed by atoms with Gasteiger partial charge in [0.2, 0.25) is 0 Å². The van der Waals surface area contributed by atoms with Crippen molar-refractivity contribution in [2.75, 3.05) is 18.0 Å². The second kappa shape index (κ2) is 7.38. The van der Waals surface area contributed by atoms with E-state index in [2.05, 4.69) is 39.5 Å². The number of carbonyl (C=O) groups excluding carboxylic acids is 1. The van der Waals surface area contributed by atoms with E-state index >= 15 is 0 Å². The summed E-state index contributed by atoms with van der Waals surface area (Å²) in [4.78, 5) is 29.4. The summed E-state index contributed by atoms with van der Waals surface area (Å²) in [6, 6.07) is 11.5. The molecule has 5 nitrogen and oxygen atoms in total. The summed E-state index contributed by atoms with van der Waals surface area (Å²) >= 11 is 0. The minimum absolute atomic E-state index is 0.143. The lowest BCUT2D eigenvalue weighted by Crippen LogP contribution is -2.29. The Labute approximate surface area is 147 Å². The summed E-state index contributed by atoms with van der Waals surface area (Å²) in [6.07, 6.45) is 4.28. The fourth-order valence-corrected chi connectivity index (χ4v) is 2.83. The molecule has 2 aromatic rings. The van der Waals surface area contributed by atoms with Crippen molar-refractivity contribution in [3.8, 4) is 0 Å². The molecular formula is C20H23N3O2. The van der Waals surface area contributed by atoms with Gasteiger partial charge in [0, 0.05) is 31.0 Å². The van der Waals surface area contributed by atoms with Gasteiger partial charge in [-0.2, -0.15) is 0 Å². The van der Waals surface area contributed by atoms with Crippen molar-refractivity contribution in [3.63, 3.8) is 0 Å². The zero-order valence-electron chi connectivity index (χ0n) is 14.6. The molecule has 130 valence electrons. The van der Waals surface area contributed by atoms with E-state index in [9.17, 15) is 9.59 Å². The summed E-state index contributed by atoms with van der Waals surface area (Å²) in [7, 11) is 0. The molecule has 1 aliphatic heterocycles. The highest BCUT2D eigenvalue weighted by Gasteiger charge is 2.12. The van der Waals surface area contributed by atoms with Crippen molar-refractivity contribution in [3.05, 3.63) is 75.7 Å². The molecule has 0 unspecified atom stereocenters. The van der Waals surface area contributed by atoms with Crippen molar-refractivity contribution in [1.82, 2.24) is 10.3 Å². The van der Waals surface area contributed by atoms with Crippen LogP contribution in [0.3, 0.4) is 0 Å². The molecule has 0 bridgehead atoms. The molecule has 2 N–H and O–H groups in total. The number of aromatic amines is 1. The van der Waals surface area contributed by atoms with Crippen LogP contribution in [-0.4, -0.2) is 24.0 Å². The van der Waals surface area contributed by atoms with Gasteiger partial charge < -0.3 is 15.2 Å². The summed E-state index contributed by atoms with van der Waals surface area (Å²) in [5.41, 5.74) is 2.77. The number of nitrogens with one attached hydrogen (secondary N) is 2. The number of aromatic nitrogens is 1. The van der Waals surface area contributed by atoms with Crippen molar-refractivity contribution in [2.45, 2.75) is 26.3 Å². The summed E-state index contributed by atoms with van der Waals surface area (Å²) < 4.78 is 0. The van der Waals surface area contributed by atoms with Crippen LogP contribution in [0.1, 0.15) is 41.4 Å². The lowest BCUT2D eigenvalue weighted by atomic mass is 10.1. The third-order valence-corrected chi connectivity index (χ3v) is 4.35. The SMILES string of the molecule is CC(C)c1ccc(C(=O)NCc2cccc(N3CC=CC3)c2)c(=O)[nH]1. The topological polar surface area (TPSA) is 65.2 Å². The fourth-order valence-electron chi connectivity index (χ4n) is 2.83. The first kappa shape index (κ1) is 17.0. The molecule has 25 heavy (non-hydrogen) atoms. The molecule has 0 saturated carbocycles. The van der Waals surface area contributed by atoms with E-state index in [-0.39, 0.29) is 22.9 Å². The minimum atomic E-state index is -0.357. The molecule has 0 atom stereocenters. The average molecular weight is 337 g/mol. The Bertz CT molecular complexity index is 844. The first-order chi connectivity index (χ1) is 12.0. The quantitative estimate of drug-likeness (QED) is 0.825. The van der Waals surface area contributed by atoms with Crippen LogP contribution in [0, 0.1) is 0 Å². The van der Waals surface area contributed by atoms with Gasteiger partial charge in [0.1, 0.15) is 5.56 Å². The molecule has 1 aromatic carbocycles. The van der Waals surface area contributed by atoms with E-state index in [0.29, 0.717) is 6.54 Å². The molecule has 0 radical (unpaired) electrons. The fraction of sp³-hybridized carbons (Fsp3) is 0.300. The minimum Gasteiger partial charge on any atom is -0.364 e. The number of pyridine rings is 1. The molecule has 1 amide bonds. The van der Waals surface area contributed by atoms with Crippen LogP contribution in [0.4, 0.5) is 5.69 Å². The van der Waals surface area contributed by atoms with Crippen molar-refractivity contribution in [1.29, 1.82) is 0 Å². The van der Waals surface area contributed by atoms with Gasteiger partial charge >= 0.3 is 0 Å². The predicted molar refractivity (Wildman–Crippen MR) is 100 cm³/mol. The van der Waals surface area contributed by atoms with Crippen LogP contribution < -0.4 is 15.8 Å². The highest BCUT2D eigenvalue weighted by molar-refractivity contribution is 5.93. The van der Waals surface area contributed by atoms with Crippen molar-refractivity contribution < 1.29 is 4.79 Å². The smallest absolute Gasteiger partial charge is 0.261 e. The molecule has 2 heterocycles. The number of benzene rings is 1. The van der Waals surface area contributed by atoms with E-state index in [1.165, 1.54) is 0 Å².